The first-order valence-electron chi connectivity index (χ1n) is 8.21. The largest absolute Gasteiger partial charge is 0.482 e. The molecule has 0 aliphatic carbocycles. The number of nitro groups is 1. The Kier molecular flexibility index (Phi) is 6.80. The highest BCUT2D eigenvalue weighted by molar-refractivity contribution is 5.96. The minimum Gasteiger partial charge on any atom is -0.482 e. The minimum atomic E-state index is -0.787. The van der Waals surface area contributed by atoms with Crippen molar-refractivity contribution in [2.45, 2.75) is 13.8 Å². The Morgan fingerprint density at radius 3 is 2.36 bits per heavy atom. The summed E-state index contributed by atoms with van der Waals surface area (Å²) >= 11 is 0. The molecule has 28 heavy (non-hydrogen) atoms. The molecule has 2 rings (SSSR count). The van der Waals surface area contributed by atoms with Crippen molar-refractivity contribution in [1.29, 1.82) is 0 Å². The number of amides is 1. The molecule has 9 heteroatoms. The van der Waals surface area contributed by atoms with E-state index in [1.807, 2.05) is 0 Å². The summed E-state index contributed by atoms with van der Waals surface area (Å²) in [4.78, 5) is 45.3. The van der Waals surface area contributed by atoms with Gasteiger partial charge in [0, 0.05) is 11.6 Å². The Hall–Kier alpha value is -3.75. The molecule has 0 saturated carbocycles. The Balaban J connectivity index is 1.84. The van der Waals surface area contributed by atoms with Gasteiger partial charge in [0.2, 0.25) is 0 Å². The molecule has 146 valence electrons. The van der Waals surface area contributed by atoms with E-state index in [9.17, 15) is 24.5 Å². The van der Waals surface area contributed by atoms with Crippen LogP contribution < -0.4 is 10.1 Å². The number of esters is 1. The molecule has 0 atom stereocenters. The van der Waals surface area contributed by atoms with E-state index in [2.05, 4.69) is 5.32 Å². The fraction of sp³-hybridized carbons (Fsp3) is 0.211. The van der Waals surface area contributed by atoms with Crippen molar-refractivity contribution in [3.8, 4) is 5.75 Å². The minimum absolute atomic E-state index is 0.0513. The number of anilines is 1. The first kappa shape index (κ1) is 20.6. The van der Waals surface area contributed by atoms with Gasteiger partial charge >= 0.3 is 5.97 Å². The van der Waals surface area contributed by atoms with Gasteiger partial charge in [-0.15, -0.1) is 0 Å². The fourth-order valence-electron chi connectivity index (χ4n) is 2.26. The van der Waals surface area contributed by atoms with Crippen LogP contribution in [0.2, 0.25) is 0 Å². The van der Waals surface area contributed by atoms with Crippen molar-refractivity contribution in [2.75, 3.05) is 18.5 Å². The van der Waals surface area contributed by atoms with E-state index < -0.39 is 30.0 Å². The molecule has 0 aliphatic heterocycles. The van der Waals surface area contributed by atoms with Crippen LogP contribution in [-0.4, -0.2) is 35.8 Å². The molecule has 0 radical (unpaired) electrons. The number of Topliss-reactive ketones (excluding diaryl/α,β-unsaturated/α-hetero) is 1. The predicted molar refractivity (Wildman–Crippen MR) is 99.4 cm³/mol. The molecule has 2 aromatic carbocycles. The first-order chi connectivity index (χ1) is 13.3. The fourth-order valence-corrected chi connectivity index (χ4v) is 2.26. The summed E-state index contributed by atoms with van der Waals surface area (Å²) in [7, 11) is 0. The molecular formula is C19H18N2O7. The number of aryl methyl sites for hydroxylation is 1. The molecule has 0 saturated heterocycles. The third-order valence-electron chi connectivity index (χ3n) is 3.69. The molecule has 0 bridgehead atoms. The van der Waals surface area contributed by atoms with E-state index in [1.54, 1.807) is 25.1 Å². The van der Waals surface area contributed by atoms with Crippen LogP contribution in [0.5, 0.6) is 5.75 Å². The number of hydrogen-bond donors (Lipinski definition) is 1. The van der Waals surface area contributed by atoms with E-state index in [4.69, 9.17) is 9.47 Å². The van der Waals surface area contributed by atoms with Gasteiger partial charge < -0.3 is 14.8 Å². The summed E-state index contributed by atoms with van der Waals surface area (Å²) in [6.07, 6.45) is 0. The zero-order chi connectivity index (χ0) is 20.7. The maximum atomic E-state index is 11.9. The zero-order valence-electron chi connectivity index (χ0n) is 15.3. The number of carbonyl (C=O) groups is 3. The lowest BCUT2D eigenvalue weighted by molar-refractivity contribution is -0.384. The van der Waals surface area contributed by atoms with Gasteiger partial charge in [0.05, 0.1) is 4.92 Å². The van der Waals surface area contributed by atoms with Crippen LogP contribution in [0.1, 0.15) is 22.8 Å². The second-order valence-electron chi connectivity index (χ2n) is 5.80. The second-order valence-corrected chi connectivity index (χ2v) is 5.80. The van der Waals surface area contributed by atoms with E-state index in [0.29, 0.717) is 16.9 Å². The van der Waals surface area contributed by atoms with Crippen molar-refractivity contribution >= 4 is 29.0 Å². The van der Waals surface area contributed by atoms with Gasteiger partial charge in [0.25, 0.3) is 11.6 Å². The van der Waals surface area contributed by atoms with Crippen LogP contribution in [0.15, 0.2) is 42.5 Å². The monoisotopic (exact) mass is 386 g/mol. The standard InChI is InChI=1S/C19H18N2O7/c1-12-4-3-5-16(21(25)26)19(12)20-17(23)10-28-18(24)11-27-15-8-6-14(7-9-15)13(2)22/h3-9H,10-11H2,1-2H3,(H,20,23). The lowest BCUT2D eigenvalue weighted by Crippen LogP contribution is -2.24. The number of rotatable bonds is 8. The summed E-state index contributed by atoms with van der Waals surface area (Å²) < 4.78 is 10.0. The highest BCUT2D eigenvalue weighted by Crippen LogP contribution is 2.27. The molecule has 2 aromatic rings. The molecule has 0 fully saturated rings. The molecule has 0 spiro atoms. The number of benzene rings is 2. The topological polar surface area (TPSA) is 125 Å². The number of ketones is 1. The number of carbonyl (C=O) groups excluding carboxylic acids is 3. The smallest absolute Gasteiger partial charge is 0.344 e. The molecule has 1 N–H and O–H groups in total. The Labute approximate surface area is 160 Å². The third kappa shape index (κ3) is 5.63. The third-order valence-corrected chi connectivity index (χ3v) is 3.69. The first-order valence-corrected chi connectivity index (χ1v) is 8.21. The molecular weight excluding hydrogens is 368 g/mol. The summed E-state index contributed by atoms with van der Waals surface area (Å²) in [6, 6.07) is 10.6. The van der Waals surface area contributed by atoms with Crippen molar-refractivity contribution in [2.24, 2.45) is 0 Å². The molecule has 1 amide bonds. The summed E-state index contributed by atoms with van der Waals surface area (Å²) in [5.41, 5.74) is 0.815. The van der Waals surface area contributed by atoms with Gasteiger partial charge in [0.15, 0.2) is 19.0 Å². The number of nitro benzene ring substituents is 1. The lowest BCUT2D eigenvalue weighted by atomic mass is 10.1. The van der Waals surface area contributed by atoms with E-state index in [1.165, 1.54) is 31.2 Å². The van der Waals surface area contributed by atoms with Gasteiger partial charge in [-0.3, -0.25) is 19.7 Å². The van der Waals surface area contributed by atoms with Gasteiger partial charge in [-0.05, 0) is 43.7 Å². The molecule has 0 aliphatic rings. The number of para-hydroxylation sites is 1. The van der Waals surface area contributed by atoms with E-state index in [0.717, 1.165) is 0 Å². The summed E-state index contributed by atoms with van der Waals surface area (Å²) in [5, 5.41) is 13.4. The van der Waals surface area contributed by atoms with Gasteiger partial charge in [0.1, 0.15) is 11.4 Å². The normalized spacial score (nSPS) is 10.1. The number of nitrogens with one attached hydrogen (secondary N) is 1. The van der Waals surface area contributed by atoms with Crippen LogP contribution in [0.25, 0.3) is 0 Å². The van der Waals surface area contributed by atoms with Crippen LogP contribution in [0.3, 0.4) is 0 Å². The van der Waals surface area contributed by atoms with Crippen LogP contribution in [0, 0.1) is 17.0 Å². The van der Waals surface area contributed by atoms with Gasteiger partial charge in [-0.2, -0.15) is 0 Å². The lowest BCUT2D eigenvalue weighted by Gasteiger charge is -2.10. The molecule has 9 nitrogen and oxygen atoms in total. The predicted octanol–water partition coefficient (Wildman–Crippen LogP) is 2.67. The van der Waals surface area contributed by atoms with Gasteiger partial charge in [-0.1, -0.05) is 12.1 Å². The van der Waals surface area contributed by atoms with Crippen molar-refractivity contribution < 1.29 is 28.8 Å². The number of nitrogens with zero attached hydrogens (tertiary/aromatic N) is 1. The van der Waals surface area contributed by atoms with Crippen LogP contribution in [0.4, 0.5) is 11.4 Å². The highest BCUT2D eigenvalue weighted by Gasteiger charge is 2.18. The second kappa shape index (κ2) is 9.26. The van der Waals surface area contributed by atoms with Crippen molar-refractivity contribution in [3.63, 3.8) is 0 Å². The molecule has 0 aromatic heterocycles. The Morgan fingerprint density at radius 1 is 1.07 bits per heavy atom. The highest BCUT2D eigenvalue weighted by atomic mass is 16.6. The van der Waals surface area contributed by atoms with Gasteiger partial charge in [-0.25, -0.2) is 4.79 Å². The van der Waals surface area contributed by atoms with E-state index in [-0.39, 0.29) is 17.2 Å². The zero-order valence-corrected chi connectivity index (χ0v) is 15.3. The van der Waals surface area contributed by atoms with Crippen molar-refractivity contribution in [3.05, 3.63) is 63.7 Å². The van der Waals surface area contributed by atoms with E-state index >= 15 is 0 Å². The summed E-state index contributed by atoms with van der Waals surface area (Å²) in [5.74, 6) is -1.23. The number of ether oxygens (including phenoxy) is 2. The van der Waals surface area contributed by atoms with Crippen molar-refractivity contribution in [1.82, 2.24) is 0 Å². The SMILES string of the molecule is CC(=O)c1ccc(OCC(=O)OCC(=O)Nc2c(C)cccc2[N+](=O)[O-])cc1. The quantitative estimate of drug-likeness (QED) is 0.320. The Bertz CT molecular complexity index is 907. The van der Waals surface area contributed by atoms with Crippen LogP contribution >= 0.6 is 0 Å². The maximum Gasteiger partial charge on any atom is 0.344 e. The molecule has 0 heterocycles. The number of hydrogen-bond acceptors (Lipinski definition) is 7. The summed E-state index contributed by atoms with van der Waals surface area (Å²) in [6.45, 7) is 2.00. The average molecular weight is 386 g/mol. The Morgan fingerprint density at radius 2 is 1.75 bits per heavy atom. The molecule has 0 unspecified atom stereocenters. The van der Waals surface area contributed by atoms with Crippen LogP contribution in [-0.2, 0) is 14.3 Å². The maximum absolute atomic E-state index is 11.9. The average Bonchev–Trinajstić information content (AvgIpc) is 2.66.